The Labute approximate surface area is 90.0 Å². The van der Waals surface area contributed by atoms with Crippen LogP contribution in [-0.2, 0) is 6.54 Å². The first-order valence-electron chi connectivity index (χ1n) is 5.39. The summed E-state index contributed by atoms with van der Waals surface area (Å²) >= 11 is 0. The maximum atomic E-state index is 8.93. The number of aliphatic hydroxyl groups is 1. The summed E-state index contributed by atoms with van der Waals surface area (Å²) in [6, 6.07) is 0. The van der Waals surface area contributed by atoms with Crippen LogP contribution in [0.5, 0.6) is 0 Å². The molecule has 0 saturated carbocycles. The van der Waals surface area contributed by atoms with Gasteiger partial charge < -0.3 is 5.11 Å². The Kier molecular flexibility index (Phi) is 5.28. The molecule has 0 unspecified atom stereocenters. The molecule has 1 aromatic heterocycles. The normalized spacial score (nSPS) is 11.2. The summed E-state index contributed by atoms with van der Waals surface area (Å²) in [5.41, 5.74) is 1.69. The van der Waals surface area contributed by atoms with Gasteiger partial charge in [0, 0.05) is 13.1 Å². The molecule has 0 fully saturated rings. The van der Waals surface area contributed by atoms with Gasteiger partial charge in [-0.25, -0.2) is 4.63 Å². The minimum Gasteiger partial charge on any atom is -0.395 e. The number of aromatic nitrogens is 2. The minimum absolute atomic E-state index is 0.175. The van der Waals surface area contributed by atoms with E-state index in [1.54, 1.807) is 0 Å². The van der Waals surface area contributed by atoms with Crippen LogP contribution < -0.4 is 0 Å². The highest BCUT2D eigenvalue weighted by molar-refractivity contribution is 5.04. The Balaban J connectivity index is 2.46. The Bertz CT molecular complexity index is 275. The highest BCUT2D eigenvalue weighted by Gasteiger charge is 2.10. The van der Waals surface area contributed by atoms with Crippen molar-refractivity contribution >= 4 is 0 Å². The van der Waals surface area contributed by atoms with Crippen LogP contribution in [0, 0.1) is 6.92 Å². The number of nitrogens with zero attached hydrogens (tertiary/aromatic N) is 3. The van der Waals surface area contributed by atoms with Crippen molar-refractivity contribution in [3.8, 4) is 0 Å². The molecule has 0 spiro atoms. The molecule has 0 aliphatic rings. The fourth-order valence-corrected chi connectivity index (χ4v) is 1.40. The molecular formula is C10H19N3O2. The molecule has 5 heteroatoms. The first-order valence-corrected chi connectivity index (χ1v) is 5.39. The molecule has 15 heavy (non-hydrogen) atoms. The monoisotopic (exact) mass is 213 g/mol. The van der Waals surface area contributed by atoms with Gasteiger partial charge in [0.15, 0.2) is 0 Å². The van der Waals surface area contributed by atoms with Crippen molar-refractivity contribution < 1.29 is 9.74 Å². The number of hydrogen-bond acceptors (Lipinski definition) is 5. The van der Waals surface area contributed by atoms with E-state index in [4.69, 9.17) is 5.11 Å². The molecule has 1 heterocycles. The van der Waals surface area contributed by atoms with E-state index in [0.29, 0.717) is 13.1 Å². The first kappa shape index (κ1) is 12.1. The van der Waals surface area contributed by atoms with Gasteiger partial charge in [0.25, 0.3) is 0 Å². The zero-order valence-electron chi connectivity index (χ0n) is 9.44. The average Bonchev–Trinajstić information content (AvgIpc) is 2.61. The molecule has 0 saturated heterocycles. The van der Waals surface area contributed by atoms with Crippen molar-refractivity contribution in [1.82, 2.24) is 15.2 Å². The molecular weight excluding hydrogens is 194 g/mol. The van der Waals surface area contributed by atoms with Crippen LogP contribution in [-0.4, -0.2) is 40.0 Å². The van der Waals surface area contributed by atoms with Crippen LogP contribution in [0.15, 0.2) is 4.63 Å². The van der Waals surface area contributed by atoms with E-state index in [2.05, 4.69) is 26.8 Å². The van der Waals surface area contributed by atoms with Gasteiger partial charge in [0.05, 0.1) is 6.61 Å². The lowest BCUT2D eigenvalue weighted by atomic mass is 10.2. The molecule has 0 atom stereocenters. The highest BCUT2D eigenvalue weighted by atomic mass is 16.6. The van der Waals surface area contributed by atoms with Crippen molar-refractivity contribution in [2.45, 2.75) is 33.2 Å². The van der Waals surface area contributed by atoms with Crippen molar-refractivity contribution in [3.63, 3.8) is 0 Å². The van der Waals surface area contributed by atoms with Gasteiger partial charge in [0.1, 0.15) is 11.4 Å². The van der Waals surface area contributed by atoms with Gasteiger partial charge in [0.2, 0.25) is 0 Å². The first-order chi connectivity index (χ1) is 7.27. The van der Waals surface area contributed by atoms with Gasteiger partial charge >= 0.3 is 0 Å². The van der Waals surface area contributed by atoms with Gasteiger partial charge in [-0.05, 0) is 19.9 Å². The predicted octanol–water partition coefficient (Wildman–Crippen LogP) is 0.972. The largest absolute Gasteiger partial charge is 0.395 e. The Morgan fingerprint density at radius 2 is 2.13 bits per heavy atom. The summed E-state index contributed by atoms with van der Waals surface area (Å²) in [6.45, 7) is 6.56. The molecule has 5 nitrogen and oxygen atoms in total. The number of aliphatic hydroxyl groups excluding tert-OH is 1. The van der Waals surface area contributed by atoms with Gasteiger partial charge in [-0.1, -0.05) is 23.7 Å². The zero-order valence-corrected chi connectivity index (χ0v) is 9.44. The van der Waals surface area contributed by atoms with E-state index in [9.17, 15) is 0 Å². The Hall–Kier alpha value is -0.940. The lowest BCUT2D eigenvalue weighted by Gasteiger charge is -2.19. The van der Waals surface area contributed by atoms with Crippen LogP contribution in [0.25, 0.3) is 0 Å². The van der Waals surface area contributed by atoms with Crippen LogP contribution in [0.3, 0.4) is 0 Å². The number of unbranched alkanes of at least 4 members (excludes halogenated alkanes) is 1. The van der Waals surface area contributed by atoms with Crippen molar-refractivity contribution in [3.05, 3.63) is 11.4 Å². The summed E-state index contributed by atoms with van der Waals surface area (Å²) in [5, 5.41) is 16.5. The number of rotatable bonds is 7. The fraction of sp³-hybridized carbons (Fsp3) is 0.800. The number of aryl methyl sites for hydroxylation is 1. The molecule has 1 aromatic rings. The topological polar surface area (TPSA) is 62.4 Å². The summed E-state index contributed by atoms with van der Waals surface area (Å²) in [4.78, 5) is 2.16. The quantitative estimate of drug-likeness (QED) is 0.731. The summed E-state index contributed by atoms with van der Waals surface area (Å²) < 4.78 is 4.64. The standard InChI is InChI=1S/C10H19N3O2/c1-3-4-5-13(6-7-14)8-10-9(2)11-15-12-10/h14H,3-8H2,1-2H3. The minimum atomic E-state index is 0.175. The van der Waals surface area contributed by atoms with E-state index in [0.717, 1.165) is 30.8 Å². The maximum absolute atomic E-state index is 8.93. The third-order valence-electron chi connectivity index (χ3n) is 2.36. The van der Waals surface area contributed by atoms with E-state index < -0.39 is 0 Å². The molecule has 1 rings (SSSR count). The highest BCUT2D eigenvalue weighted by Crippen LogP contribution is 2.06. The second kappa shape index (κ2) is 6.53. The molecule has 0 aliphatic heterocycles. The maximum Gasteiger partial charge on any atom is 0.122 e. The summed E-state index contributed by atoms with van der Waals surface area (Å²) in [5.74, 6) is 0. The fourth-order valence-electron chi connectivity index (χ4n) is 1.40. The molecule has 0 amide bonds. The molecule has 0 aliphatic carbocycles. The van der Waals surface area contributed by atoms with Crippen molar-refractivity contribution in [2.24, 2.45) is 0 Å². The Morgan fingerprint density at radius 1 is 1.33 bits per heavy atom. The lowest BCUT2D eigenvalue weighted by molar-refractivity contribution is 0.184. The van der Waals surface area contributed by atoms with Crippen LogP contribution in [0.2, 0.25) is 0 Å². The van der Waals surface area contributed by atoms with Crippen molar-refractivity contribution in [2.75, 3.05) is 19.7 Å². The van der Waals surface area contributed by atoms with Crippen molar-refractivity contribution in [1.29, 1.82) is 0 Å². The third-order valence-corrected chi connectivity index (χ3v) is 2.36. The molecule has 0 radical (unpaired) electrons. The van der Waals surface area contributed by atoms with Gasteiger partial charge in [-0.15, -0.1) is 0 Å². The Morgan fingerprint density at radius 3 is 2.67 bits per heavy atom. The van der Waals surface area contributed by atoms with Crippen LogP contribution in [0.1, 0.15) is 31.2 Å². The van der Waals surface area contributed by atoms with Crippen LogP contribution in [0.4, 0.5) is 0 Å². The molecule has 1 N–H and O–H groups in total. The van der Waals surface area contributed by atoms with Gasteiger partial charge in [-0.2, -0.15) is 0 Å². The van der Waals surface area contributed by atoms with Crippen LogP contribution >= 0.6 is 0 Å². The zero-order chi connectivity index (χ0) is 11.1. The molecule has 86 valence electrons. The van der Waals surface area contributed by atoms with E-state index in [-0.39, 0.29) is 6.61 Å². The SMILES string of the molecule is CCCCN(CCO)Cc1nonc1C. The third kappa shape index (κ3) is 3.97. The van der Waals surface area contributed by atoms with E-state index in [1.807, 2.05) is 6.92 Å². The number of hydrogen-bond donors (Lipinski definition) is 1. The second-order valence-electron chi connectivity index (χ2n) is 3.65. The van der Waals surface area contributed by atoms with E-state index >= 15 is 0 Å². The molecule has 0 aromatic carbocycles. The summed E-state index contributed by atoms with van der Waals surface area (Å²) in [6.07, 6.45) is 2.28. The average molecular weight is 213 g/mol. The molecule has 0 bridgehead atoms. The summed E-state index contributed by atoms with van der Waals surface area (Å²) in [7, 11) is 0. The van der Waals surface area contributed by atoms with E-state index in [1.165, 1.54) is 0 Å². The smallest absolute Gasteiger partial charge is 0.122 e. The van der Waals surface area contributed by atoms with Gasteiger partial charge in [-0.3, -0.25) is 4.90 Å². The predicted molar refractivity (Wildman–Crippen MR) is 56.3 cm³/mol. The lowest BCUT2D eigenvalue weighted by Crippen LogP contribution is -2.28. The second-order valence-corrected chi connectivity index (χ2v) is 3.65.